The predicted molar refractivity (Wildman–Crippen MR) is 72.7 cm³/mol. The van der Waals surface area contributed by atoms with Crippen LogP contribution in [-0.4, -0.2) is 20.5 Å². The molecule has 0 spiro atoms. The average molecular weight is 299 g/mol. The van der Waals surface area contributed by atoms with E-state index in [1.807, 2.05) is 28.1 Å². The van der Waals surface area contributed by atoms with E-state index in [-0.39, 0.29) is 6.42 Å². The highest BCUT2D eigenvalue weighted by Crippen LogP contribution is 2.31. The van der Waals surface area contributed by atoms with Crippen LogP contribution in [-0.2, 0) is 11.2 Å². The van der Waals surface area contributed by atoms with Crippen LogP contribution in [0.2, 0.25) is 4.34 Å². The summed E-state index contributed by atoms with van der Waals surface area (Å²) < 4.78 is 2.54. The minimum Gasteiger partial charge on any atom is -0.481 e. The Hall–Kier alpha value is -1.37. The number of hydrogen-bond acceptors (Lipinski definition) is 4. The van der Waals surface area contributed by atoms with Crippen molar-refractivity contribution in [1.82, 2.24) is 9.38 Å². The van der Waals surface area contributed by atoms with Crippen LogP contribution in [0.5, 0.6) is 0 Å². The lowest BCUT2D eigenvalue weighted by molar-refractivity contribution is -0.136. The number of nitrogens with zero attached hydrogens (tertiary/aromatic N) is 2. The van der Waals surface area contributed by atoms with Gasteiger partial charge in [0.25, 0.3) is 0 Å². The molecule has 0 bridgehead atoms. The standard InChI is InChI=1S/C11H7ClN2O2S2/c12-9-2-1-8(18-9)7-4-14-6(3-10(15)16)5-17-11(14)13-7/h1-2,4-5H,3H2,(H,15,16). The largest absolute Gasteiger partial charge is 0.481 e. The van der Waals surface area contributed by atoms with Gasteiger partial charge in [-0.2, -0.15) is 0 Å². The predicted octanol–water partition coefficient (Wildman–Crippen LogP) is 3.40. The van der Waals surface area contributed by atoms with Crippen LogP contribution in [0.25, 0.3) is 15.5 Å². The lowest BCUT2D eigenvalue weighted by Crippen LogP contribution is -2.01. The second-order valence-corrected chi connectivity index (χ2v) is 6.23. The molecule has 0 unspecified atom stereocenters. The highest BCUT2D eigenvalue weighted by Gasteiger charge is 2.12. The number of hydrogen-bond donors (Lipinski definition) is 1. The van der Waals surface area contributed by atoms with Gasteiger partial charge < -0.3 is 5.11 Å². The number of halogens is 1. The van der Waals surface area contributed by atoms with E-state index < -0.39 is 5.97 Å². The summed E-state index contributed by atoms with van der Waals surface area (Å²) in [7, 11) is 0. The number of thiazole rings is 1. The molecule has 4 nitrogen and oxygen atoms in total. The monoisotopic (exact) mass is 298 g/mol. The first kappa shape index (κ1) is 11.7. The summed E-state index contributed by atoms with van der Waals surface area (Å²) in [5.41, 5.74) is 1.56. The van der Waals surface area contributed by atoms with Crippen molar-refractivity contribution in [2.45, 2.75) is 6.42 Å². The number of rotatable bonds is 3. The summed E-state index contributed by atoms with van der Waals surface area (Å²) >= 11 is 8.79. The first-order valence-electron chi connectivity index (χ1n) is 5.06. The molecule has 3 aromatic rings. The van der Waals surface area contributed by atoms with Gasteiger partial charge in [0, 0.05) is 17.3 Å². The molecule has 18 heavy (non-hydrogen) atoms. The summed E-state index contributed by atoms with van der Waals surface area (Å²) in [6.07, 6.45) is 1.85. The molecule has 0 radical (unpaired) electrons. The van der Waals surface area contributed by atoms with Crippen LogP contribution >= 0.6 is 34.3 Å². The fourth-order valence-electron chi connectivity index (χ4n) is 1.68. The van der Waals surface area contributed by atoms with Gasteiger partial charge in [0.15, 0.2) is 4.96 Å². The first-order chi connectivity index (χ1) is 8.63. The summed E-state index contributed by atoms with van der Waals surface area (Å²) in [5, 5.41) is 10.6. The summed E-state index contributed by atoms with van der Waals surface area (Å²) in [6.45, 7) is 0. The zero-order valence-corrected chi connectivity index (χ0v) is 11.3. The van der Waals surface area contributed by atoms with Crippen molar-refractivity contribution in [2.24, 2.45) is 0 Å². The smallest absolute Gasteiger partial charge is 0.309 e. The van der Waals surface area contributed by atoms with Gasteiger partial charge in [0.05, 0.1) is 15.6 Å². The number of thiophene rings is 1. The Kier molecular flexibility index (Phi) is 2.85. The molecule has 0 aliphatic carbocycles. The molecule has 0 amide bonds. The van der Waals surface area contributed by atoms with E-state index in [1.165, 1.54) is 22.7 Å². The van der Waals surface area contributed by atoms with Crippen molar-refractivity contribution < 1.29 is 9.90 Å². The second-order valence-electron chi connectivity index (χ2n) is 3.68. The van der Waals surface area contributed by atoms with Gasteiger partial charge in [-0.25, -0.2) is 4.98 Å². The Morgan fingerprint density at radius 1 is 1.50 bits per heavy atom. The van der Waals surface area contributed by atoms with Gasteiger partial charge in [0.2, 0.25) is 0 Å². The van der Waals surface area contributed by atoms with Gasteiger partial charge in [-0.15, -0.1) is 22.7 Å². The van der Waals surface area contributed by atoms with Crippen LogP contribution in [0.3, 0.4) is 0 Å². The third kappa shape index (κ3) is 2.03. The Balaban J connectivity index is 2.06. The van der Waals surface area contributed by atoms with E-state index >= 15 is 0 Å². The van der Waals surface area contributed by atoms with Crippen molar-refractivity contribution in [2.75, 3.05) is 0 Å². The Morgan fingerprint density at radius 3 is 3.00 bits per heavy atom. The van der Waals surface area contributed by atoms with Crippen molar-refractivity contribution in [1.29, 1.82) is 0 Å². The number of aromatic nitrogens is 2. The van der Waals surface area contributed by atoms with Gasteiger partial charge >= 0.3 is 5.97 Å². The summed E-state index contributed by atoms with van der Waals surface area (Å²) in [6, 6.07) is 3.74. The fourth-order valence-corrected chi connectivity index (χ4v) is 3.55. The van der Waals surface area contributed by atoms with Crippen LogP contribution in [0.1, 0.15) is 5.69 Å². The van der Waals surface area contributed by atoms with Crippen LogP contribution < -0.4 is 0 Å². The molecule has 92 valence electrons. The van der Waals surface area contributed by atoms with E-state index in [1.54, 1.807) is 0 Å². The molecule has 0 aliphatic heterocycles. The van der Waals surface area contributed by atoms with Crippen molar-refractivity contribution in [3.05, 3.63) is 33.7 Å². The number of carbonyl (C=O) groups is 1. The maximum Gasteiger partial charge on any atom is 0.309 e. The SMILES string of the molecule is O=C(O)Cc1csc2nc(-c3ccc(Cl)s3)cn12. The number of carboxylic acid groups (broad SMARTS) is 1. The zero-order chi connectivity index (χ0) is 12.7. The first-order valence-corrected chi connectivity index (χ1v) is 7.14. The molecule has 0 aromatic carbocycles. The lowest BCUT2D eigenvalue weighted by Gasteiger charge is -1.93. The second kappa shape index (κ2) is 4.38. The molecule has 3 heterocycles. The zero-order valence-electron chi connectivity index (χ0n) is 8.96. The van der Waals surface area contributed by atoms with Gasteiger partial charge in [-0.3, -0.25) is 9.20 Å². The molecule has 0 saturated heterocycles. The van der Waals surface area contributed by atoms with E-state index in [0.29, 0.717) is 4.34 Å². The third-order valence-electron chi connectivity index (χ3n) is 2.44. The maximum absolute atomic E-state index is 10.7. The molecular weight excluding hydrogens is 292 g/mol. The van der Waals surface area contributed by atoms with Crippen molar-refractivity contribution >= 4 is 45.2 Å². The highest BCUT2D eigenvalue weighted by molar-refractivity contribution is 7.19. The molecular formula is C11H7ClN2O2S2. The Morgan fingerprint density at radius 2 is 2.33 bits per heavy atom. The van der Waals surface area contributed by atoms with Crippen molar-refractivity contribution in [3.63, 3.8) is 0 Å². The quantitative estimate of drug-likeness (QED) is 0.806. The number of carboxylic acids is 1. The summed E-state index contributed by atoms with van der Waals surface area (Å²) in [4.78, 5) is 17.0. The minimum absolute atomic E-state index is 0.000989. The Labute approximate surface area is 115 Å². The average Bonchev–Trinajstić information content (AvgIpc) is 2.94. The van der Waals surface area contributed by atoms with Crippen LogP contribution in [0.15, 0.2) is 23.7 Å². The number of imidazole rings is 1. The summed E-state index contributed by atoms with van der Waals surface area (Å²) in [5.74, 6) is -0.843. The van der Waals surface area contributed by atoms with Crippen LogP contribution in [0.4, 0.5) is 0 Å². The number of fused-ring (bicyclic) bond motifs is 1. The third-order valence-corrected chi connectivity index (χ3v) is 4.58. The Bertz CT molecular complexity index is 728. The van der Waals surface area contributed by atoms with Gasteiger partial charge in [-0.05, 0) is 12.1 Å². The molecule has 0 fully saturated rings. The lowest BCUT2D eigenvalue weighted by atomic mass is 10.3. The van der Waals surface area contributed by atoms with E-state index in [4.69, 9.17) is 16.7 Å². The molecule has 0 saturated carbocycles. The molecule has 3 aromatic heterocycles. The van der Waals surface area contributed by atoms with Crippen LogP contribution in [0, 0.1) is 0 Å². The van der Waals surface area contributed by atoms with E-state index in [9.17, 15) is 4.79 Å². The normalized spacial score (nSPS) is 11.2. The number of aliphatic carboxylic acids is 1. The molecule has 0 aliphatic rings. The molecule has 0 atom stereocenters. The maximum atomic E-state index is 10.7. The fraction of sp³-hybridized carbons (Fsp3) is 0.0909. The highest BCUT2D eigenvalue weighted by atomic mass is 35.5. The molecule has 3 rings (SSSR count). The van der Waals surface area contributed by atoms with E-state index in [2.05, 4.69) is 4.98 Å². The van der Waals surface area contributed by atoms with Gasteiger partial charge in [-0.1, -0.05) is 11.6 Å². The van der Waals surface area contributed by atoms with Crippen molar-refractivity contribution in [3.8, 4) is 10.6 Å². The van der Waals surface area contributed by atoms with Gasteiger partial charge in [0.1, 0.15) is 5.69 Å². The minimum atomic E-state index is -0.843. The molecule has 7 heteroatoms. The topological polar surface area (TPSA) is 54.6 Å². The van der Waals surface area contributed by atoms with E-state index in [0.717, 1.165) is 21.2 Å². The molecule has 1 N–H and O–H groups in total.